The molecule has 3 rings (SSSR count). The standard InChI is InChI=1S/C18H21NO/c1-2-19-13-16-6-3-4-8-17(16)14-9-10-18-15(12-14)7-5-11-20-18/h3-4,6,8-10,12,19H,2,5,7,11,13H2,1H3. The molecular formula is C18H21NO. The average Bonchev–Trinajstić information content (AvgIpc) is 2.53. The third-order valence-electron chi connectivity index (χ3n) is 3.80. The number of rotatable bonds is 4. The van der Waals surface area contributed by atoms with E-state index in [0.29, 0.717) is 0 Å². The predicted octanol–water partition coefficient (Wildman–Crippen LogP) is 3.79. The molecule has 0 aromatic heterocycles. The smallest absolute Gasteiger partial charge is 0.122 e. The largest absolute Gasteiger partial charge is 0.493 e. The molecule has 20 heavy (non-hydrogen) atoms. The second-order valence-electron chi connectivity index (χ2n) is 5.21. The molecule has 0 atom stereocenters. The molecule has 2 heteroatoms. The molecular weight excluding hydrogens is 246 g/mol. The van der Waals surface area contributed by atoms with E-state index in [1.165, 1.54) is 22.3 Å². The minimum absolute atomic E-state index is 0.851. The summed E-state index contributed by atoms with van der Waals surface area (Å²) < 4.78 is 5.70. The van der Waals surface area contributed by atoms with Crippen LogP contribution in [-0.2, 0) is 13.0 Å². The Balaban J connectivity index is 1.96. The van der Waals surface area contributed by atoms with Gasteiger partial charge < -0.3 is 10.1 Å². The van der Waals surface area contributed by atoms with Crippen LogP contribution in [0.5, 0.6) is 5.75 Å². The highest BCUT2D eigenvalue weighted by atomic mass is 16.5. The highest BCUT2D eigenvalue weighted by Crippen LogP contribution is 2.31. The molecule has 0 spiro atoms. The van der Waals surface area contributed by atoms with E-state index in [0.717, 1.165) is 38.3 Å². The third-order valence-corrected chi connectivity index (χ3v) is 3.80. The van der Waals surface area contributed by atoms with Gasteiger partial charge >= 0.3 is 0 Å². The first-order valence-electron chi connectivity index (χ1n) is 7.43. The summed E-state index contributed by atoms with van der Waals surface area (Å²) in [6.07, 6.45) is 2.24. The first-order valence-corrected chi connectivity index (χ1v) is 7.43. The Kier molecular flexibility index (Phi) is 4.03. The van der Waals surface area contributed by atoms with Gasteiger partial charge in [-0.2, -0.15) is 0 Å². The van der Waals surface area contributed by atoms with Crippen LogP contribution in [0.25, 0.3) is 11.1 Å². The van der Waals surface area contributed by atoms with E-state index in [2.05, 4.69) is 54.7 Å². The van der Waals surface area contributed by atoms with Crippen molar-refractivity contribution in [1.82, 2.24) is 5.32 Å². The summed E-state index contributed by atoms with van der Waals surface area (Å²) in [6, 6.07) is 15.2. The fraction of sp³-hybridized carbons (Fsp3) is 0.333. The monoisotopic (exact) mass is 267 g/mol. The van der Waals surface area contributed by atoms with Gasteiger partial charge in [-0.25, -0.2) is 0 Å². The summed E-state index contributed by atoms with van der Waals surface area (Å²) in [5.41, 5.74) is 5.31. The first-order chi connectivity index (χ1) is 9.88. The molecule has 0 unspecified atom stereocenters. The number of hydrogen-bond acceptors (Lipinski definition) is 2. The lowest BCUT2D eigenvalue weighted by Gasteiger charge is -2.18. The van der Waals surface area contributed by atoms with Crippen molar-refractivity contribution < 1.29 is 4.74 Å². The quantitative estimate of drug-likeness (QED) is 0.910. The Morgan fingerprint density at radius 3 is 2.95 bits per heavy atom. The normalized spacial score (nSPS) is 13.7. The molecule has 0 fully saturated rings. The minimum atomic E-state index is 0.851. The zero-order valence-electron chi connectivity index (χ0n) is 12.0. The van der Waals surface area contributed by atoms with Crippen LogP contribution in [0.2, 0.25) is 0 Å². The Morgan fingerprint density at radius 1 is 1.15 bits per heavy atom. The first kappa shape index (κ1) is 13.2. The molecule has 1 N–H and O–H groups in total. The van der Waals surface area contributed by atoms with Gasteiger partial charge in [0.25, 0.3) is 0 Å². The van der Waals surface area contributed by atoms with Gasteiger partial charge in [0.2, 0.25) is 0 Å². The molecule has 1 aliphatic rings. The maximum atomic E-state index is 5.70. The maximum absolute atomic E-state index is 5.70. The van der Waals surface area contributed by atoms with Gasteiger partial charge in [0.1, 0.15) is 5.75 Å². The summed E-state index contributed by atoms with van der Waals surface area (Å²) in [4.78, 5) is 0. The van der Waals surface area contributed by atoms with Crippen molar-refractivity contribution in [3.63, 3.8) is 0 Å². The van der Waals surface area contributed by atoms with E-state index in [9.17, 15) is 0 Å². The third kappa shape index (κ3) is 2.70. The molecule has 0 bridgehead atoms. The summed E-state index contributed by atoms with van der Waals surface area (Å²) >= 11 is 0. The number of hydrogen-bond donors (Lipinski definition) is 1. The van der Waals surface area contributed by atoms with Crippen LogP contribution in [0, 0.1) is 0 Å². The Bertz CT molecular complexity index is 592. The van der Waals surface area contributed by atoms with Crippen LogP contribution in [0.4, 0.5) is 0 Å². The average molecular weight is 267 g/mol. The minimum Gasteiger partial charge on any atom is -0.493 e. The Hall–Kier alpha value is -1.80. The molecule has 104 valence electrons. The Morgan fingerprint density at radius 2 is 2.05 bits per heavy atom. The second-order valence-corrected chi connectivity index (χ2v) is 5.21. The fourth-order valence-electron chi connectivity index (χ4n) is 2.74. The van der Waals surface area contributed by atoms with Crippen LogP contribution in [0.1, 0.15) is 24.5 Å². The predicted molar refractivity (Wildman–Crippen MR) is 83.1 cm³/mol. The van der Waals surface area contributed by atoms with Crippen molar-refractivity contribution >= 4 is 0 Å². The molecule has 2 aromatic carbocycles. The lowest BCUT2D eigenvalue weighted by molar-refractivity contribution is 0.288. The van der Waals surface area contributed by atoms with E-state index in [4.69, 9.17) is 4.74 Å². The number of ether oxygens (including phenoxy) is 1. The van der Waals surface area contributed by atoms with E-state index < -0.39 is 0 Å². The van der Waals surface area contributed by atoms with Gasteiger partial charge in [0, 0.05) is 6.54 Å². The fourth-order valence-corrected chi connectivity index (χ4v) is 2.74. The number of fused-ring (bicyclic) bond motifs is 1. The SMILES string of the molecule is CCNCc1ccccc1-c1ccc2c(c1)CCCO2. The number of aryl methyl sites for hydroxylation is 1. The lowest BCUT2D eigenvalue weighted by Crippen LogP contribution is -2.12. The van der Waals surface area contributed by atoms with Crippen molar-refractivity contribution in [2.45, 2.75) is 26.3 Å². The van der Waals surface area contributed by atoms with Gasteiger partial charge in [0.05, 0.1) is 6.61 Å². The second kappa shape index (κ2) is 6.10. The highest BCUT2D eigenvalue weighted by molar-refractivity contribution is 5.69. The van der Waals surface area contributed by atoms with Crippen LogP contribution < -0.4 is 10.1 Å². The summed E-state index contributed by atoms with van der Waals surface area (Å²) in [5, 5.41) is 3.41. The van der Waals surface area contributed by atoms with Crippen LogP contribution in [0.3, 0.4) is 0 Å². The zero-order chi connectivity index (χ0) is 13.8. The van der Waals surface area contributed by atoms with E-state index in [-0.39, 0.29) is 0 Å². The van der Waals surface area contributed by atoms with Crippen LogP contribution in [0.15, 0.2) is 42.5 Å². The van der Waals surface area contributed by atoms with Gasteiger partial charge in [0.15, 0.2) is 0 Å². The van der Waals surface area contributed by atoms with E-state index in [1.54, 1.807) is 0 Å². The van der Waals surface area contributed by atoms with Gasteiger partial charge in [-0.15, -0.1) is 0 Å². The van der Waals surface area contributed by atoms with E-state index in [1.807, 2.05) is 0 Å². The molecule has 0 saturated heterocycles. The summed E-state index contributed by atoms with van der Waals surface area (Å²) in [5.74, 6) is 1.06. The molecule has 0 saturated carbocycles. The maximum Gasteiger partial charge on any atom is 0.122 e. The zero-order valence-corrected chi connectivity index (χ0v) is 12.0. The lowest BCUT2D eigenvalue weighted by atomic mass is 9.95. The summed E-state index contributed by atoms with van der Waals surface area (Å²) in [7, 11) is 0. The molecule has 0 amide bonds. The van der Waals surface area contributed by atoms with Crippen LogP contribution in [-0.4, -0.2) is 13.2 Å². The highest BCUT2D eigenvalue weighted by Gasteiger charge is 2.12. The molecule has 2 nitrogen and oxygen atoms in total. The molecule has 1 aliphatic heterocycles. The number of nitrogens with one attached hydrogen (secondary N) is 1. The van der Waals surface area contributed by atoms with Crippen molar-refractivity contribution in [1.29, 1.82) is 0 Å². The van der Waals surface area contributed by atoms with E-state index >= 15 is 0 Å². The van der Waals surface area contributed by atoms with Crippen molar-refractivity contribution in [2.24, 2.45) is 0 Å². The molecule has 0 aliphatic carbocycles. The van der Waals surface area contributed by atoms with Crippen LogP contribution >= 0.6 is 0 Å². The van der Waals surface area contributed by atoms with Gasteiger partial charge in [-0.1, -0.05) is 37.3 Å². The van der Waals surface area contributed by atoms with Crippen molar-refractivity contribution in [3.8, 4) is 16.9 Å². The molecule has 2 aromatic rings. The van der Waals surface area contributed by atoms with Gasteiger partial charge in [-0.05, 0) is 53.8 Å². The van der Waals surface area contributed by atoms with Crippen molar-refractivity contribution in [2.75, 3.05) is 13.2 Å². The summed E-state index contributed by atoms with van der Waals surface area (Å²) in [6.45, 7) is 4.90. The van der Waals surface area contributed by atoms with Gasteiger partial charge in [-0.3, -0.25) is 0 Å². The molecule has 0 radical (unpaired) electrons. The van der Waals surface area contributed by atoms with Crippen molar-refractivity contribution in [3.05, 3.63) is 53.6 Å². The topological polar surface area (TPSA) is 21.3 Å². The Labute approximate surface area is 120 Å². The number of benzene rings is 2. The molecule has 1 heterocycles.